The first-order valence-corrected chi connectivity index (χ1v) is 8.44. The van der Waals surface area contributed by atoms with Gasteiger partial charge in [-0.05, 0) is 31.6 Å². The summed E-state index contributed by atoms with van der Waals surface area (Å²) >= 11 is 0. The summed E-state index contributed by atoms with van der Waals surface area (Å²) in [5.74, 6) is 0.205. The van der Waals surface area contributed by atoms with Crippen molar-refractivity contribution in [1.82, 2.24) is 4.90 Å². The van der Waals surface area contributed by atoms with E-state index < -0.39 is 9.84 Å². The number of rotatable bonds is 3. The van der Waals surface area contributed by atoms with E-state index >= 15 is 0 Å². The average Bonchev–Trinajstić information content (AvgIpc) is 2.70. The molecule has 0 aliphatic carbocycles. The van der Waals surface area contributed by atoms with Crippen LogP contribution < -0.4 is 0 Å². The Labute approximate surface area is 108 Å². The van der Waals surface area contributed by atoms with Crippen LogP contribution in [0.5, 0.6) is 0 Å². The van der Waals surface area contributed by atoms with E-state index in [0.29, 0.717) is 18.9 Å². The Morgan fingerprint density at radius 3 is 2.72 bits per heavy atom. The predicted octanol–water partition coefficient (Wildman–Crippen LogP) is 0.0421. The topological polar surface area (TPSA) is 74.7 Å². The number of nitrogens with zero attached hydrogens (tertiary/aromatic N) is 1. The smallest absolute Gasteiger partial charge is 0.226 e. The molecule has 0 aromatic carbocycles. The molecule has 0 spiro atoms. The molecule has 0 radical (unpaired) electrons. The van der Waals surface area contributed by atoms with Gasteiger partial charge in [0.25, 0.3) is 0 Å². The molecule has 1 amide bonds. The SMILES string of the molecule is O=C(C1CCS(=O)(=O)C1)N1CCCC(CCO)C1. The van der Waals surface area contributed by atoms with Gasteiger partial charge in [0.05, 0.1) is 17.4 Å². The van der Waals surface area contributed by atoms with E-state index in [2.05, 4.69) is 0 Å². The van der Waals surface area contributed by atoms with E-state index in [1.54, 1.807) is 4.90 Å². The molecule has 2 unspecified atom stereocenters. The molecule has 0 aromatic heterocycles. The molecule has 5 nitrogen and oxygen atoms in total. The fourth-order valence-corrected chi connectivity index (χ4v) is 4.66. The highest BCUT2D eigenvalue weighted by molar-refractivity contribution is 7.91. The van der Waals surface area contributed by atoms with Gasteiger partial charge in [-0.1, -0.05) is 0 Å². The third-order valence-electron chi connectivity index (χ3n) is 3.95. The number of piperidine rings is 1. The molecular formula is C12H21NO4S. The quantitative estimate of drug-likeness (QED) is 0.789. The highest BCUT2D eigenvalue weighted by Gasteiger charge is 2.36. The Morgan fingerprint density at radius 2 is 2.11 bits per heavy atom. The van der Waals surface area contributed by atoms with Crippen LogP contribution in [0.1, 0.15) is 25.7 Å². The second-order valence-electron chi connectivity index (χ2n) is 5.40. The van der Waals surface area contributed by atoms with Gasteiger partial charge in [0, 0.05) is 19.7 Å². The van der Waals surface area contributed by atoms with Gasteiger partial charge in [-0.25, -0.2) is 8.42 Å². The maximum Gasteiger partial charge on any atom is 0.226 e. The third kappa shape index (κ3) is 3.23. The molecule has 0 aromatic rings. The zero-order valence-corrected chi connectivity index (χ0v) is 11.4. The maximum atomic E-state index is 12.2. The zero-order valence-electron chi connectivity index (χ0n) is 10.5. The highest BCUT2D eigenvalue weighted by atomic mass is 32.2. The van der Waals surface area contributed by atoms with Crippen LogP contribution in [0.4, 0.5) is 0 Å². The molecule has 0 bridgehead atoms. The van der Waals surface area contributed by atoms with Crippen molar-refractivity contribution in [3.63, 3.8) is 0 Å². The number of hydrogen-bond donors (Lipinski definition) is 1. The Bertz CT molecular complexity index is 404. The van der Waals surface area contributed by atoms with E-state index in [-0.39, 0.29) is 29.9 Å². The van der Waals surface area contributed by atoms with Crippen molar-refractivity contribution in [2.75, 3.05) is 31.2 Å². The van der Waals surface area contributed by atoms with Gasteiger partial charge in [-0.15, -0.1) is 0 Å². The monoisotopic (exact) mass is 275 g/mol. The molecule has 2 rings (SSSR count). The third-order valence-corrected chi connectivity index (χ3v) is 5.72. The van der Waals surface area contributed by atoms with Crippen molar-refractivity contribution in [2.45, 2.75) is 25.7 Å². The molecule has 1 N–H and O–H groups in total. The molecule has 2 saturated heterocycles. The summed E-state index contributed by atoms with van der Waals surface area (Å²) in [5.41, 5.74) is 0. The summed E-state index contributed by atoms with van der Waals surface area (Å²) in [7, 11) is -2.99. The van der Waals surface area contributed by atoms with Crippen molar-refractivity contribution in [3.8, 4) is 0 Å². The fraction of sp³-hybridized carbons (Fsp3) is 0.917. The Balaban J connectivity index is 1.93. The van der Waals surface area contributed by atoms with Gasteiger partial charge < -0.3 is 10.0 Å². The molecule has 0 saturated carbocycles. The minimum Gasteiger partial charge on any atom is -0.396 e. The lowest BCUT2D eigenvalue weighted by Crippen LogP contribution is -2.43. The second kappa shape index (κ2) is 5.57. The zero-order chi connectivity index (χ0) is 13.2. The highest BCUT2D eigenvalue weighted by Crippen LogP contribution is 2.25. The predicted molar refractivity (Wildman–Crippen MR) is 67.8 cm³/mol. The van der Waals surface area contributed by atoms with Crippen LogP contribution in [0.3, 0.4) is 0 Å². The Morgan fingerprint density at radius 1 is 1.33 bits per heavy atom. The van der Waals surface area contributed by atoms with E-state index in [4.69, 9.17) is 5.11 Å². The van der Waals surface area contributed by atoms with Crippen molar-refractivity contribution >= 4 is 15.7 Å². The average molecular weight is 275 g/mol. The summed E-state index contributed by atoms with van der Waals surface area (Å²) in [6.45, 7) is 1.57. The summed E-state index contributed by atoms with van der Waals surface area (Å²) in [6.07, 6.45) is 3.21. The number of carbonyl (C=O) groups is 1. The molecule has 2 aliphatic rings. The van der Waals surface area contributed by atoms with Crippen LogP contribution in [0, 0.1) is 11.8 Å². The normalized spacial score (nSPS) is 31.5. The number of sulfone groups is 1. The van der Waals surface area contributed by atoms with Crippen LogP contribution in [0.15, 0.2) is 0 Å². The molecule has 2 fully saturated rings. The minimum atomic E-state index is -2.99. The molecule has 6 heteroatoms. The number of carbonyl (C=O) groups excluding carboxylic acids is 1. The maximum absolute atomic E-state index is 12.2. The molecule has 104 valence electrons. The van der Waals surface area contributed by atoms with Crippen molar-refractivity contribution < 1.29 is 18.3 Å². The van der Waals surface area contributed by atoms with Crippen LogP contribution >= 0.6 is 0 Å². The first-order valence-electron chi connectivity index (χ1n) is 6.62. The number of aliphatic hydroxyl groups excluding tert-OH is 1. The van der Waals surface area contributed by atoms with E-state index in [1.807, 2.05) is 0 Å². The summed E-state index contributed by atoms with van der Waals surface area (Å²) in [4.78, 5) is 14.0. The largest absolute Gasteiger partial charge is 0.396 e. The first-order chi connectivity index (χ1) is 8.52. The van der Waals surface area contributed by atoms with Crippen molar-refractivity contribution in [1.29, 1.82) is 0 Å². The van der Waals surface area contributed by atoms with Gasteiger partial charge >= 0.3 is 0 Å². The molecule has 2 atom stereocenters. The Kier molecular flexibility index (Phi) is 4.27. The molecule has 18 heavy (non-hydrogen) atoms. The van der Waals surface area contributed by atoms with Crippen LogP contribution in [0.25, 0.3) is 0 Å². The van der Waals surface area contributed by atoms with Gasteiger partial charge in [-0.3, -0.25) is 4.79 Å². The van der Waals surface area contributed by atoms with Crippen molar-refractivity contribution in [3.05, 3.63) is 0 Å². The van der Waals surface area contributed by atoms with Crippen LogP contribution in [0.2, 0.25) is 0 Å². The molecule has 2 aliphatic heterocycles. The first kappa shape index (κ1) is 13.8. The lowest BCUT2D eigenvalue weighted by atomic mass is 9.94. The van der Waals surface area contributed by atoms with Gasteiger partial charge in [-0.2, -0.15) is 0 Å². The lowest BCUT2D eigenvalue weighted by molar-refractivity contribution is -0.136. The fourth-order valence-electron chi connectivity index (χ4n) is 2.93. The molecular weight excluding hydrogens is 254 g/mol. The molecule has 2 heterocycles. The van der Waals surface area contributed by atoms with Crippen LogP contribution in [-0.2, 0) is 14.6 Å². The van der Waals surface area contributed by atoms with E-state index in [9.17, 15) is 13.2 Å². The minimum absolute atomic E-state index is 0.00119. The van der Waals surface area contributed by atoms with Gasteiger partial charge in [0.15, 0.2) is 9.84 Å². The Hall–Kier alpha value is -0.620. The standard InChI is InChI=1S/C12H21NO4S/c14-6-3-10-2-1-5-13(8-10)12(15)11-4-7-18(16,17)9-11/h10-11,14H,1-9H2. The van der Waals surface area contributed by atoms with E-state index in [1.165, 1.54) is 0 Å². The van der Waals surface area contributed by atoms with E-state index in [0.717, 1.165) is 25.8 Å². The van der Waals surface area contributed by atoms with Gasteiger partial charge in [0.1, 0.15) is 0 Å². The van der Waals surface area contributed by atoms with Gasteiger partial charge in [0.2, 0.25) is 5.91 Å². The summed E-state index contributed by atoms with van der Waals surface area (Å²) < 4.78 is 22.8. The number of likely N-dealkylation sites (tertiary alicyclic amines) is 1. The number of aliphatic hydroxyl groups is 1. The summed E-state index contributed by atoms with van der Waals surface area (Å²) in [6, 6.07) is 0. The second-order valence-corrected chi connectivity index (χ2v) is 7.63. The lowest BCUT2D eigenvalue weighted by Gasteiger charge is -2.34. The van der Waals surface area contributed by atoms with Crippen molar-refractivity contribution in [2.24, 2.45) is 11.8 Å². The van der Waals surface area contributed by atoms with Crippen LogP contribution in [-0.4, -0.2) is 55.5 Å². The number of hydrogen-bond acceptors (Lipinski definition) is 4. The number of amides is 1. The summed E-state index contributed by atoms with van der Waals surface area (Å²) in [5, 5.41) is 8.94.